The van der Waals surface area contributed by atoms with Crippen LogP contribution in [0, 0.1) is 5.82 Å². The molecule has 1 unspecified atom stereocenters. The Hall–Kier alpha value is -4.93. The van der Waals surface area contributed by atoms with Crippen LogP contribution in [0.1, 0.15) is 39.6 Å². The fourth-order valence-corrected chi connectivity index (χ4v) is 5.22. The van der Waals surface area contributed by atoms with Gasteiger partial charge in [-0.05, 0) is 67.1 Å². The Morgan fingerprint density at radius 1 is 0.886 bits per heavy atom. The second kappa shape index (κ2) is 15.0. The van der Waals surface area contributed by atoms with Gasteiger partial charge in [0.2, 0.25) is 5.91 Å². The minimum Gasteiger partial charge on any atom is -0.478 e. The van der Waals surface area contributed by atoms with Crippen LogP contribution < -0.4 is 16.0 Å². The fraction of sp³-hybridized carbons (Fsp3) is 0.0909. The monoisotopic (exact) mass is 631 g/mol. The first kappa shape index (κ1) is 32.0. The van der Waals surface area contributed by atoms with Gasteiger partial charge in [0.25, 0.3) is 11.8 Å². The van der Waals surface area contributed by atoms with Crippen molar-refractivity contribution in [3.8, 4) is 0 Å². The van der Waals surface area contributed by atoms with Crippen molar-refractivity contribution < 1.29 is 28.7 Å². The number of hydrogen-bond acceptors (Lipinski definition) is 5. The Balaban J connectivity index is 1.50. The van der Waals surface area contributed by atoms with Crippen molar-refractivity contribution in [3.05, 3.63) is 130 Å². The maximum atomic E-state index is 14.4. The van der Waals surface area contributed by atoms with E-state index in [9.17, 15) is 28.7 Å². The molecule has 224 valence electrons. The zero-order chi connectivity index (χ0) is 31.6. The Labute approximate surface area is 262 Å². The minimum absolute atomic E-state index is 0.0577. The predicted molar refractivity (Wildman–Crippen MR) is 170 cm³/mol. The highest BCUT2D eigenvalue weighted by atomic mass is 35.5. The number of nitrogens with one attached hydrogen (secondary N) is 3. The molecule has 0 saturated heterocycles. The van der Waals surface area contributed by atoms with E-state index in [1.807, 2.05) is 6.92 Å². The van der Waals surface area contributed by atoms with Gasteiger partial charge in [0.05, 0.1) is 15.8 Å². The number of halogens is 2. The number of amides is 3. The summed E-state index contributed by atoms with van der Waals surface area (Å²) in [5.74, 6) is -3.34. The first-order chi connectivity index (χ1) is 21.1. The number of carboxylic acid groups (broad SMARTS) is 1. The molecule has 0 saturated carbocycles. The summed E-state index contributed by atoms with van der Waals surface area (Å²) in [7, 11) is 0. The van der Waals surface area contributed by atoms with Gasteiger partial charge in [-0.25, -0.2) is 9.18 Å². The van der Waals surface area contributed by atoms with Crippen molar-refractivity contribution in [3.63, 3.8) is 0 Å². The molecule has 44 heavy (non-hydrogen) atoms. The van der Waals surface area contributed by atoms with Crippen molar-refractivity contribution in [1.29, 1.82) is 0 Å². The summed E-state index contributed by atoms with van der Waals surface area (Å²) >= 11 is 7.18. The van der Waals surface area contributed by atoms with Crippen LogP contribution >= 0.6 is 23.4 Å². The Morgan fingerprint density at radius 2 is 1.59 bits per heavy atom. The van der Waals surface area contributed by atoms with Gasteiger partial charge in [-0.3, -0.25) is 14.4 Å². The SMILES string of the molecule is CCC(Sc1cccc(NC(=O)/C(=C/c2ccccc2F)NC(=O)c2ccccc2)c1)C(=O)Nc1ccc(Cl)c(C(=O)O)c1. The lowest BCUT2D eigenvalue weighted by Crippen LogP contribution is -2.30. The zero-order valence-corrected chi connectivity index (χ0v) is 24.9. The van der Waals surface area contributed by atoms with Crippen LogP contribution in [0.5, 0.6) is 0 Å². The second-order valence-corrected chi connectivity index (χ2v) is 11.1. The van der Waals surface area contributed by atoms with Crippen LogP contribution in [0.2, 0.25) is 5.02 Å². The molecule has 4 rings (SSSR count). The largest absolute Gasteiger partial charge is 0.478 e. The predicted octanol–water partition coefficient (Wildman–Crippen LogP) is 7.10. The number of carboxylic acids is 1. The van der Waals surface area contributed by atoms with Crippen LogP contribution in [0.25, 0.3) is 6.08 Å². The van der Waals surface area contributed by atoms with E-state index in [0.29, 0.717) is 28.3 Å². The van der Waals surface area contributed by atoms with Gasteiger partial charge in [0.1, 0.15) is 11.5 Å². The van der Waals surface area contributed by atoms with E-state index in [0.717, 1.165) is 0 Å². The van der Waals surface area contributed by atoms with Crippen LogP contribution in [0.15, 0.2) is 108 Å². The molecule has 11 heteroatoms. The molecule has 0 aliphatic rings. The lowest BCUT2D eigenvalue weighted by Gasteiger charge is -2.16. The Kier molecular flexibility index (Phi) is 10.9. The Bertz CT molecular complexity index is 1730. The molecule has 3 amide bonds. The van der Waals surface area contributed by atoms with E-state index in [2.05, 4.69) is 16.0 Å². The second-order valence-electron chi connectivity index (χ2n) is 9.39. The van der Waals surface area contributed by atoms with Gasteiger partial charge in [-0.2, -0.15) is 0 Å². The summed E-state index contributed by atoms with van der Waals surface area (Å²) in [5.41, 5.74) is 0.813. The van der Waals surface area contributed by atoms with E-state index in [4.69, 9.17) is 11.6 Å². The molecule has 4 N–H and O–H groups in total. The summed E-state index contributed by atoms with van der Waals surface area (Å²) in [6, 6.07) is 25.2. The Morgan fingerprint density at radius 3 is 2.30 bits per heavy atom. The van der Waals surface area contributed by atoms with Gasteiger partial charge >= 0.3 is 5.97 Å². The molecule has 0 aliphatic carbocycles. The molecule has 0 radical (unpaired) electrons. The number of hydrogen-bond donors (Lipinski definition) is 4. The molecule has 4 aromatic rings. The molecule has 1 atom stereocenters. The topological polar surface area (TPSA) is 125 Å². The average molecular weight is 632 g/mol. The normalized spacial score (nSPS) is 11.8. The first-order valence-electron chi connectivity index (χ1n) is 13.4. The molecule has 0 aromatic heterocycles. The highest BCUT2D eigenvalue weighted by Gasteiger charge is 2.20. The smallest absolute Gasteiger partial charge is 0.337 e. The number of rotatable bonds is 11. The van der Waals surface area contributed by atoms with Gasteiger partial charge in [0, 0.05) is 27.4 Å². The molecule has 0 heterocycles. The molecular weight excluding hydrogens is 605 g/mol. The van der Waals surface area contributed by atoms with E-state index < -0.39 is 28.9 Å². The van der Waals surface area contributed by atoms with E-state index >= 15 is 0 Å². The highest BCUT2D eigenvalue weighted by molar-refractivity contribution is 8.00. The van der Waals surface area contributed by atoms with Crippen molar-refractivity contribution in [2.45, 2.75) is 23.5 Å². The third kappa shape index (κ3) is 8.56. The number of anilines is 2. The number of carbonyl (C=O) groups excluding carboxylic acids is 3. The number of aromatic carboxylic acids is 1. The van der Waals surface area contributed by atoms with Gasteiger partial charge in [-0.1, -0.05) is 61.0 Å². The third-order valence-electron chi connectivity index (χ3n) is 6.23. The van der Waals surface area contributed by atoms with Crippen LogP contribution in [0.4, 0.5) is 15.8 Å². The van der Waals surface area contributed by atoms with Crippen molar-refractivity contribution in [2.24, 2.45) is 0 Å². The van der Waals surface area contributed by atoms with Crippen LogP contribution in [-0.4, -0.2) is 34.0 Å². The number of thioether (sulfide) groups is 1. The molecule has 4 aromatic carbocycles. The number of carbonyl (C=O) groups is 4. The summed E-state index contributed by atoms with van der Waals surface area (Å²) in [4.78, 5) is 51.3. The van der Waals surface area contributed by atoms with E-state index in [-0.39, 0.29) is 27.8 Å². The van der Waals surface area contributed by atoms with E-state index in [1.165, 1.54) is 54.2 Å². The maximum Gasteiger partial charge on any atom is 0.337 e. The lowest BCUT2D eigenvalue weighted by molar-refractivity contribution is -0.116. The fourth-order valence-electron chi connectivity index (χ4n) is 4.01. The third-order valence-corrected chi connectivity index (χ3v) is 7.92. The summed E-state index contributed by atoms with van der Waals surface area (Å²) in [6.45, 7) is 1.84. The van der Waals surface area contributed by atoms with Crippen molar-refractivity contribution in [1.82, 2.24) is 5.32 Å². The summed E-state index contributed by atoms with van der Waals surface area (Å²) in [5, 5.41) is 16.9. The minimum atomic E-state index is -1.21. The molecule has 0 spiro atoms. The average Bonchev–Trinajstić information content (AvgIpc) is 3.01. The molecular formula is C33H27ClFN3O5S. The highest BCUT2D eigenvalue weighted by Crippen LogP contribution is 2.29. The molecule has 0 fully saturated rings. The van der Waals surface area contributed by atoms with Crippen molar-refractivity contribution in [2.75, 3.05) is 10.6 Å². The van der Waals surface area contributed by atoms with E-state index in [1.54, 1.807) is 60.7 Å². The van der Waals surface area contributed by atoms with Crippen LogP contribution in [0.3, 0.4) is 0 Å². The van der Waals surface area contributed by atoms with Gasteiger partial charge < -0.3 is 21.1 Å². The first-order valence-corrected chi connectivity index (χ1v) is 14.6. The lowest BCUT2D eigenvalue weighted by atomic mass is 10.1. The number of benzene rings is 4. The van der Waals surface area contributed by atoms with Gasteiger partial charge in [0.15, 0.2) is 0 Å². The van der Waals surface area contributed by atoms with Crippen molar-refractivity contribution >= 4 is 64.5 Å². The zero-order valence-electron chi connectivity index (χ0n) is 23.3. The maximum absolute atomic E-state index is 14.4. The molecule has 0 bridgehead atoms. The van der Waals surface area contributed by atoms with Crippen LogP contribution in [-0.2, 0) is 9.59 Å². The standard InChI is InChI=1S/C33H27ClFN3O5S/c1-2-29(32(41)37-23-15-16-26(34)25(19-23)33(42)43)44-24-13-8-12-22(18-24)36-31(40)28(17-21-11-6-7-14-27(21)35)38-30(39)20-9-4-3-5-10-20/h3-19,29H,2H2,1H3,(H,36,40)(H,37,41)(H,38,39)(H,42,43)/b28-17-. The van der Waals surface area contributed by atoms with Gasteiger partial charge in [-0.15, -0.1) is 11.8 Å². The molecule has 0 aliphatic heterocycles. The summed E-state index contributed by atoms with van der Waals surface area (Å²) < 4.78 is 14.4. The summed E-state index contributed by atoms with van der Waals surface area (Å²) in [6.07, 6.45) is 1.71. The molecule has 8 nitrogen and oxygen atoms in total. The quantitative estimate of drug-likeness (QED) is 0.103.